The van der Waals surface area contributed by atoms with E-state index in [2.05, 4.69) is 13.8 Å². The average molecular weight is 259 g/mol. The Bertz CT molecular complexity index is 106. The Morgan fingerprint density at radius 1 is 0.611 bits per heavy atom. The SMILES string of the molecule is CCCCCCCCCCCCN.CCCCO. The van der Waals surface area contributed by atoms with Crippen LogP contribution in [-0.2, 0) is 0 Å². The molecule has 112 valence electrons. The van der Waals surface area contributed by atoms with Crippen molar-refractivity contribution in [2.75, 3.05) is 13.2 Å². The highest BCUT2D eigenvalue weighted by atomic mass is 16.2. The minimum atomic E-state index is 0.344. The Kier molecular flexibility index (Phi) is 24.9. The van der Waals surface area contributed by atoms with Gasteiger partial charge in [0.05, 0.1) is 0 Å². The molecular formula is C16H37NO. The molecule has 0 atom stereocenters. The van der Waals surface area contributed by atoms with Gasteiger partial charge in [-0.25, -0.2) is 0 Å². The van der Waals surface area contributed by atoms with Gasteiger partial charge in [0.1, 0.15) is 0 Å². The van der Waals surface area contributed by atoms with Gasteiger partial charge in [0.25, 0.3) is 0 Å². The Balaban J connectivity index is 0. The van der Waals surface area contributed by atoms with Crippen LogP contribution in [0.2, 0.25) is 0 Å². The van der Waals surface area contributed by atoms with E-state index in [9.17, 15) is 0 Å². The van der Waals surface area contributed by atoms with Crippen molar-refractivity contribution in [3.63, 3.8) is 0 Å². The maximum atomic E-state index is 8.07. The smallest absolute Gasteiger partial charge is 0.0430 e. The number of aliphatic hydroxyl groups excluding tert-OH is 1. The summed E-state index contributed by atoms with van der Waals surface area (Å²) in [6, 6.07) is 0. The first-order chi connectivity index (χ1) is 8.83. The minimum Gasteiger partial charge on any atom is -0.396 e. The lowest BCUT2D eigenvalue weighted by molar-refractivity contribution is 0.287. The molecule has 2 nitrogen and oxygen atoms in total. The van der Waals surface area contributed by atoms with E-state index in [1.54, 1.807) is 0 Å². The summed E-state index contributed by atoms with van der Waals surface area (Å²) in [6.07, 6.45) is 16.0. The van der Waals surface area contributed by atoms with E-state index in [1.165, 1.54) is 64.2 Å². The van der Waals surface area contributed by atoms with Crippen LogP contribution in [0.1, 0.15) is 90.9 Å². The third-order valence-electron chi connectivity index (χ3n) is 3.07. The van der Waals surface area contributed by atoms with Gasteiger partial charge in [-0.2, -0.15) is 0 Å². The summed E-state index contributed by atoms with van der Waals surface area (Å²) in [5, 5.41) is 8.07. The molecule has 0 saturated heterocycles. The van der Waals surface area contributed by atoms with Crippen molar-refractivity contribution >= 4 is 0 Å². The zero-order chi connectivity index (χ0) is 13.9. The summed E-state index contributed by atoms with van der Waals surface area (Å²) >= 11 is 0. The molecule has 0 amide bonds. The second kappa shape index (κ2) is 22.1. The number of aliphatic hydroxyl groups is 1. The van der Waals surface area contributed by atoms with Crippen molar-refractivity contribution in [2.45, 2.75) is 90.9 Å². The van der Waals surface area contributed by atoms with Crippen molar-refractivity contribution in [1.29, 1.82) is 0 Å². The molecule has 0 unspecified atom stereocenters. The molecule has 0 aromatic carbocycles. The molecule has 2 heteroatoms. The van der Waals surface area contributed by atoms with Crippen LogP contribution < -0.4 is 5.73 Å². The van der Waals surface area contributed by atoms with Crippen molar-refractivity contribution in [3.8, 4) is 0 Å². The van der Waals surface area contributed by atoms with Gasteiger partial charge in [-0.15, -0.1) is 0 Å². The molecule has 0 aliphatic heterocycles. The Morgan fingerprint density at radius 3 is 1.28 bits per heavy atom. The quantitative estimate of drug-likeness (QED) is 0.501. The third-order valence-corrected chi connectivity index (χ3v) is 3.07. The highest BCUT2D eigenvalue weighted by Gasteiger charge is 1.91. The fourth-order valence-electron chi connectivity index (χ4n) is 1.79. The molecular weight excluding hydrogens is 222 g/mol. The van der Waals surface area contributed by atoms with Crippen LogP contribution in [0.15, 0.2) is 0 Å². The lowest BCUT2D eigenvalue weighted by Gasteiger charge is -2.00. The van der Waals surface area contributed by atoms with Crippen molar-refractivity contribution < 1.29 is 5.11 Å². The number of unbranched alkanes of at least 4 members (excludes halogenated alkanes) is 10. The van der Waals surface area contributed by atoms with Gasteiger partial charge >= 0.3 is 0 Å². The topological polar surface area (TPSA) is 46.2 Å². The van der Waals surface area contributed by atoms with E-state index in [1.807, 2.05) is 0 Å². The molecule has 18 heavy (non-hydrogen) atoms. The number of rotatable bonds is 12. The number of hydrogen-bond acceptors (Lipinski definition) is 2. The number of nitrogens with two attached hydrogens (primary N) is 1. The first-order valence-electron chi connectivity index (χ1n) is 8.14. The fraction of sp³-hybridized carbons (Fsp3) is 1.00. The first kappa shape index (κ1) is 20.2. The summed E-state index contributed by atoms with van der Waals surface area (Å²) in [4.78, 5) is 0. The molecule has 0 aromatic heterocycles. The molecule has 0 aromatic rings. The maximum absolute atomic E-state index is 8.07. The standard InChI is InChI=1S/C12H27N.C4H10O/c1-2-3-4-5-6-7-8-9-10-11-12-13;1-2-3-4-5/h2-13H2,1H3;5H,2-4H2,1H3. The van der Waals surface area contributed by atoms with E-state index in [-0.39, 0.29) is 0 Å². The molecule has 0 bridgehead atoms. The Morgan fingerprint density at radius 2 is 1.00 bits per heavy atom. The second-order valence-electron chi connectivity index (χ2n) is 5.05. The van der Waals surface area contributed by atoms with Gasteiger partial charge in [-0.1, -0.05) is 78.1 Å². The minimum absolute atomic E-state index is 0.344. The molecule has 3 N–H and O–H groups in total. The van der Waals surface area contributed by atoms with Crippen LogP contribution in [0.5, 0.6) is 0 Å². The van der Waals surface area contributed by atoms with Gasteiger partial charge in [0.15, 0.2) is 0 Å². The van der Waals surface area contributed by atoms with Gasteiger partial charge in [-0.05, 0) is 19.4 Å². The van der Waals surface area contributed by atoms with Gasteiger partial charge in [-0.3, -0.25) is 0 Å². The van der Waals surface area contributed by atoms with Gasteiger partial charge < -0.3 is 10.8 Å². The zero-order valence-electron chi connectivity index (χ0n) is 12.9. The van der Waals surface area contributed by atoms with Crippen LogP contribution in [0.4, 0.5) is 0 Å². The summed E-state index contributed by atoms with van der Waals surface area (Å²) in [6.45, 7) is 5.54. The highest BCUT2D eigenvalue weighted by Crippen LogP contribution is 2.09. The Hall–Kier alpha value is -0.0800. The summed E-state index contributed by atoms with van der Waals surface area (Å²) in [5.74, 6) is 0. The van der Waals surface area contributed by atoms with Crippen molar-refractivity contribution in [2.24, 2.45) is 5.73 Å². The molecule has 0 rings (SSSR count). The van der Waals surface area contributed by atoms with Crippen LogP contribution in [0.25, 0.3) is 0 Å². The van der Waals surface area contributed by atoms with Crippen molar-refractivity contribution in [1.82, 2.24) is 0 Å². The average Bonchev–Trinajstić information content (AvgIpc) is 2.39. The lowest BCUT2D eigenvalue weighted by atomic mass is 10.1. The molecule has 0 aliphatic carbocycles. The predicted molar refractivity (Wildman–Crippen MR) is 82.9 cm³/mol. The van der Waals surface area contributed by atoms with E-state index < -0.39 is 0 Å². The van der Waals surface area contributed by atoms with Crippen LogP contribution in [0.3, 0.4) is 0 Å². The largest absolute Gasteiger partial charge is 0.396 e. The summed E-state index contributed by atoms with van der Waals surface area (Å²) in [5.41, 5.74) is 5.42. The van der Waals surface area contributed by atoms with Gasteiger partial charge in [0, 0.05) is 6.61 Å². The predicted octanol–water partition coefficient (Wildman–Crippen LogP) is 4.64. The maximum Gasteiger partial charge on any atom is 0.0430 e. The van der Waals surface area contributed by atoms with Crippen LogP contribution in [-0.4, -0.2) is 18.3 Å². The van der Waals surface area contributed by atoms with E-state index in [0.29, 0.717) is 6.61 Å². The van der Waals surface area contributed by atoms with E-state index >= 15 is 0 Å². The number of hydrogen-bond donors (Lipinski definition) is 2. The molecule has 0 aliphatic rings. The molecule has 0 spiro atoms. The molecule has 0 saturated carbocycles. The highest BCUT2D eigenvalue weighted by molar-refractivity contribution is 4.47. The van der Waals surface area contributed by atoms with Crippen LogP contribution >= 0.6 is 0 Å². The second-order valence-corrected chi connectivity index (χ2v) is 5.05. The van der Waals surface area contributed by atoms with Crippen LogP contribution in [0, 0.1) is 0 Å². The lowest BCUT2D eigenvalue weighted by Crippen LogP contribution is -1.97. The van der Waals surface area contributed by atoms with Crippen molar-refractivity contribution in [3.05, 3.63) is 0 Å². The molecule has 0 radical (unpaired) electrons. The Labute approximate surface area is 115 Å². The fourth-order valence-corrected chi connectivity index (χ4v) is 1.79. The molecule has 0 fully saturated rings. The monoisotopic (exact) mass is 259 g/mol. The summed E-state index contributed by atoms with van der Waals surface area (Å²) < 4.78 is 0. The molecule has 0 heterocycles. The third kappa shape index (κ3) is 24.9. The van der Waals surface area contributed by atoms with Gasteiger partial charge in [0.2, 0.25) is 0 Å². The van der Waals surface area contributed by atoms with E-state index in [0.717, 1.165) is 19.4 Å². The first-order valence-corrected chi connectivity index (χ1v) is 8.14. The van der Waals surface area contributed by atoms with E-state index in [4.69, 9.17) is 10.8 Å². The normalized spacial score (nSPS) is 10.0. The zero-order valence-corrected chi connectivity index (χ0v) is 12.9. The summed E-state index contributed by atoms with van der Waals surface area (Å²) in [7, 11) is 0.